The summed E-state index contributed by atoms with van der Waals surface area (Å²) in [5, 5.41) is 2.84. The molecule has 20 heavy (non-hydrogen) atoms. The molecule has 2 amide bonds. The van der Waals surface area contributed by atoms with Crippen LogP contribution in [0.5, 0.6) is 0 Å². The summed E-state index contributed by atoms with van der Waals surface area (Å²) >= 11 is 0. The molecule has 1 aliphatic carbocycles. The Morgan fingerprint density at radius 3 is 2.50 bits per heavy atom. The molecule has 0 spiro atoms. The zero-order chi connectivity index (χ0) is 13.9. The van der Waals surface area contributed by atoms with Crippen molar-refractivity contribution in [1.29, 1.82) is 0 Å². The summed E-state index contributed by atoms with van der Waals surface area (Å²) in [6.45, 7) is 0.231. The first-order chi connectivity index (χ1) is 9.74. The molecule has 0 aromatic heterocycles. The van der Waals surface area contributed by atoms with Crippen LogP contribution < -0.4 is 5.32 Å². The molecule has 1 aromatic carbocycles. The highest BCUT2D eigenvalue weighted by atomic mass is 16.2. The van der Waals surface area contributed by atoms with E-state index in [0.29, 0.717) is 6.42 Å². The van der Waals surface area contributed by atoms with Gasteiger partial charge in [0.2, 0.25) is 11.8 Å². The maximum atomic E-state index is 12.6. The van der Waals surface area contributed by atoms with E-state index < -0.39 is 6.04 Å². The fourth-order valence-corrected chi connectivity index (χ4v) is 3.25. The Kier molecular flexibility index (Phi) is 3.72. The zero-order valence-corrected chi connectivity index (χ0v) is 11.5. The Balaban J connectivity index is 1.73. The van der Waals surface area contributed by atoms with E-state index in [-0.39, 0.29) is 24.4 Å². The highest BCUT2D eigenvalue weighted by molar-refractivity contribution is 5.95. The Morgan fingerprint density at radius 2 is 1.80 bits per heavy atom. The van der Waals surface area contributed by atoms with Gasteiger partial charge in [0, 0.05) is 12.5 Å². The molecule has 2 aliphatic rings. The molecular formula is C16H20N2O2. The summed E-state index contributed by atoms with van der Waals surface area (Å²) in [5.74, 6) is 0.0535. The van der Waals surface area contributed by atoms with Crippen molar-refractivity contribution in [3.05, 3.63) is 35.9 Å². The topological polar surface area (TPSA) is 49.4 Å². The van der Waals surface area contributed by atoms with Crippen LogP contribution in [0.2, 0.25) is 0 Å². The number of nitrogens with one attached hydrogen (secondary N) is 1. The van der Waals surface area contributed by atoms with Crippen molar-refractivity contribution in [2.45, 2.75) is 44.2 Å². The first kappa shape index (κ1) is 13.2. The van der Waals surface area contributed by atoms with Gasteiger partial charge in [-0.3, -0.25) is 9.59 Å². The Labute approximate surface area is 119 Å². The van der Waals surface area contributed by atoms with Gasteiger partial charge in [-0.15, -0.1) is 0 Å². The minimum Gasteiger partial charge on any atom is -0.342 e. The number of nitrogens with zero attached hydrogens (tertiary/aromatic N) is 1. The van der Waals surface area contributed by atoms with Gasteiger partial charge >= 0.3 is 0 Å². The third-order valence-electron chi connectivity index (χ3n) is 4.28. The first-order valence-corrected chi connectivity index (χ1v) is 7.38. The first-order valence-electron chi connectivity index (χ1n) is 7.38. The molecule has 4 heteroatoms. The standard InChI is InChI=1S/C16H20N2O2/c19-15-11-18(13-8-4-5-9-13)16(20)14(17-15)10-12-6-2-1-3-7-12/h1-3,6-7,13-14H,4-5,8-11H2,(H,17,19). The lowest BCUT2D eigenvalue weighted by Gasteiger charge is -2.36. The lowest BCUT2D eigenvalue weighted by Crippen LogP contribution is -2.60. The van der Waals surface area contributed by atoms with E-state index >= 15 is 0 Å². The van der Waals surface area contributed by atoms with Gasteiger partial charge in [-0.25, -0.2) is 0 Å². The van der Waals surface area contributed by atoms with Crippen molar-refractivity contribution < 1.29 is 9.59 Å². The van der Waals surface area contributed by atoms with Crippen molar-refractivity contribution in [1.82, 2.24) is 10.2 Å². The average molecular weight is 272 g/mol. The van der Waals surface area contributed by atoms with Crippen molar-refractivity contribution in [3.8, 4) is 0 Å². The number of carbonyl (C=O) groups is 2. The average Bonchev–Trinajstić information content (AvgIpc) is 2.97. The predicted octanol–water partition coefficient (Wildman–Crippen LogP) is 1.50. The van der Waals surface area contributed by atoms with Crippen LogP contribution in [0.1, 0.15) is 31.2 Å². The molecule has 1 heterocycles. The van der Waals surface area contributed by atoms with Crippen molar-refractivity contribution in [2.24, 2.45) is 0 Å². The normalized spacial score (nSPS) is 24.0. The number of rotatable bonds is 3. The number of amides is 2. The van der Waals surface area contributed by atoms with E-state index in [4.69, 9.17) is 0 Å². The van der Waals surface area contributed by atoms with E-state index in [2.05, 4.69) is 5.32 Å². The van der Waals surface area contributed by atoms with Crippen LogP contribution in [0.4, 0.5) is 0 Å². The van der Waals surface area contributed by atoms with Crippen molar-refractivity contribution in [2.75, 3.05) is 6.54 Å². The Morgan fingerprint density at radius 1 is 1.10 bits per heavy atom. The lowest BCUT2D eigenvalue weighted by atomic mass is 10.0. The molecule has 2 fully saturated rings. The molecular weight excluding hydrogens is 252 g/mol. The summed E-state index contributed by atoms with van der Waals surface area (Å²) in [6, 6.07) is 9.72. The summed E-state index contributed by atoms with van der Waals surface area (Å²) in [5.41, 5.74) is 1.08. The van der Waals surface area contributed by atoms with Gasteiger partial charge in [0.1, 0.15) is 6.04 Å². The third-order valence-corrected chi connectivity index (χ3v) is 4.28. The van der Waals surface area contributed by atoms with Gasteiger partial charge in [0.15, 0.2) is 0 Å². The molecule has 0 bridgehead atoms. The molecule has 1 atom stereocenters. The zero-order valence-electron chi connectivity index (χ0n) is 11.5. The number of hydrogen-bond acceptors (Lipinski definition) is 2. The summed E-state index contributed by atoms with van der Waals surface area (Å²) in [7, 11) is 0. The molecule has 0 radical (unpaired) electrons. The van der Waals surface area contributed by atoms with Crippen LogP contribution in [-0.4, -0.2) is 35.3 Å². The molecule has 1 saturated heterocycles. The fourth-order valence-electron chi connectivity index (χ4n) is 3.25. The SMILES string of the molecule is O=C1CN(C2CCCC2)C(=O)C(Cc2ccccc2)N1. The number of carbonyl (C=O) groups excluding carboxylic acids is 2. The van der Waals surface area contributed by atoms with Gasteiger partial charge in [-0.2, -0.15) is 0 Å². The smallest absolute Gasteiger partial charge is 0.246 e. The van der Waals surface area contributed by atoms with Gasteiger partial charge < -0.3 is 10.2 Å². The molecule has 3 rings (SSSR count). The summed E-state index contributed by atoms with van der Waals surface area (Å²) in [4.78, 5) is 26.3. The third kappa shape index (κ3) is 2.69. The van der Waals surface area contributed by atoms with E-state index in [1.165, 1.54) is 12.8 Å². The second kappa shape index (κ2) is 5.65. The summed E-state index contributed by atoms with van der Waals surface area (Å²) in [6.07, 6.45) is 4.99. The largest absolute Gasteiger partial charge is 0.342 e. The minimum absolute atomic E-state index is 0.0302. The Bertz CT molecular complexity index is 494. The van der Waals surface area contributed by atoms with Crippen molar-refractivity contribution in [3.63, 3.8) is 0 Å². The van der Waals surface area contributed by atoms with Crippen LogP contribution >= 0.6 is 0 Å². The molecule has 1 aliphatic heterocycles. The van der Waals surface area contributed by atoms with Gasteiger partial charge in [0.05, 0.1) is 6.54 Å². The van der Waals surface area contributed by atoms with Crippen LogP contribution in [0.3, 0.4) is 0 Å². The number of hydrogen-bond donors (Lipinski definition) is 1. The summed E-state index contributed by atoms with van der Waals surface area (Å²) < 4.78 is 0. The molecule has 4 nitrogen and oxygen atoms in total. The molecule has 1 saturated carbocycles. The number of piperazine rings is 1. The van der Waals surface area contributed by atoms with E-state index in [1.807, 2.05) is 30.3 Å². The second-order valence-corrected chi connectivity index (χ2v) is 5.71. The van der Waals surface area contributed by atoms with Crippen LogP contribution in [0, 0.1) is 0 Å². The van der Waals surface area contributed by atoms with E-state index in [9.17, 15) is 9.59 Å². The second-order valence-electron chi connectivity index (χ2n) is 5.71. The van der Waals surface area contributed by atoms with Crippen LogP contribution in [0.25, 0.3) is 0 Å². The minimum atomic E-state index is -0.403. The van der Waals surface area contributed by atoms with Crippen LogP contribution in [0.15, 0.2) is 30.3 Å². The molecule has 1 aromatic rings. The molecule has 106 valence electrons. The quantitative estimate of drug-likeness (QED) is 0.906. The van der Waals surface area contributed by atoms with E-state index in [1.54, 1.807) is 4.90 Å². The monoisotopic (exact) mass is 272 g/mol. The maximum Gasteiger partial charge on any atom is 0.246 e. The molecule has 1 N–H and O–H groups in total. The maximum absolute atomic E-state index is 12.6. The predicted molar refractivity (Wildman–Crippen MR) is 76.0 cm³/mol. The van der Waals surface area contributed by atoms with Gasteiger partial charge in [0.25, 0.3) is 0 Å². The highest BCUT2D eigenvalue weighted by Gasteiger charge is 2.37. The Hall–Kier alpha value is -1.84. The fraction of sp³-hybridized carbons (Fsp3) is 0.500. The van der Waals surface area contributed by atoms with Gasteiger partial charge in [-0.1, -0.05) is 43.2 Å². The van der Waals surface area contributed by atoms with Crippen LogP contribution in [-0.2, 0) is 16.0 Å². The van der Waals surface area contributed by atoms with Gasteiger partial charge in [-0.05, 0) is 18.4 Å². The van der Waals surface area contributed by atoms with E-state index in [0.717, 1.165) is 18.4 Å². The lowest BCUT2D eigenvalue weighted by molar-refractivity contribution is -0.146. The highest BCUT2D eigenvalue weighted by Crippen LogP contribution is 2.25. The van der Waals surface area contributed by atoms with Crippen molar-refractivity contribution >= 4 is 11.8 Å². The molecule has 1 unspecified atom stereocenters. The number of benzene rings is 1.